The Morgan fingerprint density at radius 3 is 2.58 bits per heavy atom. The zero-order chi connectivity index (χ0) is 21.8. The number of aliphatic hydroxyl groups excluding tert-OH is 1. The molecule has 2 N–H and O–H groups in total. The first-order valence-electron chi connectivity index (χ1n) is 11.4. The number of carbonyl (C=O) groups is 1. The highest BCUT2D eigenvalue weighted by atomic mass is 19.1. The molecule has 172 valence electrons. The highest BCUT2D eigenvalue weighted by Gasteiger charge is 2.38. The number of benzene rings is 1. The minimum Gasteiger partial charge on any atom is -0.389 e. The first-order chi connectivity index (χ1) is 15.0. The van der Waals surface area contributed by atoms with Crippen LogP contribution in [0.3, 0.4) is 0 Å². The van der Waals surface area contributed by atoms with Crippen molar-refractivity contribution in [1.82, 2.24) is 10.2 Å². The summed E-state index contributed by atoms with van der Waals surface area (Å²) in [5, 5.41) is 13.4. The van der Waals surface area contributed by atoms with Crippen molar-refractivity contribution in [1.29, 1.82) is 0 Å². The van der Waals surface area contributed by atoms with Gasteiger partial charge >= 0.3 is 0 Å². The quantitative estimate of drug-likeness (QED) is 0.739. The van der Waals surface area contributed by atoms with Crippen LogP contribution in [0.15, 0.2) is 18.2 Å². The van der Waals surface area contributed by atoms with Gasteiger partial charge in [-0.25, -0.2) is 8.78 Å². The van der Waals surface area contributed by atoms with Crippen molar-refractivity contribution < 1.29 is 28.2 Å². The largest absolute Gasteiger partial charge is 0.389 e. The van der Waals surface area contributed by atoms with E-state index in [-0.39, 0.29) is 36.8 Å². The third-order valence-corrected chi connectivity index (χ3v) is 6.53. The van der Waals surface area contributed by atoms with E-state index in [1.54, 1.807) is 0 Å². The molecule has 0 unspecified atom stereocenters. The van der Waals surface area contributed by atoms with Crippen LogP contribution in [-0.4, -0.2) is 66.1 Å². The lowest BCUT2D eigenvalue weighted by Crippen LogP contribution is -2.55. The number of aliphatic hydroxyl groups is 1. The smallest absolute Gasteiger partial charge is 0.222 e. The SMILES string of the molecule is O=C(C[C@@H]1CC[C@H]2[C@@H](COC[C@@H](O)CN2Cc2cc(F)cc(F)c2)O1)NC1CCCC1. The van der Waals surface area contributed by atoms with Crippen LogP contribution >= 0.6 is 0 Å². The number of fused-ring (bicyclic) bond motifs is 1. The van der Waals surface area contributed by atoms with Gasteiger partial charge in [0.05, 0.1) is 37.9 Å². The van der Waals surface area contributed by atoms with Gasteiger partial charge in [0.1, 0.15) is 11.6 Å². The molecule has 2 aliphatic heterocycles. The monoisotopic (exact) mass is 438 g/mol. The molecule has 1 aromatic carbocycles. The average Bonchev–Trinajstić information content (AvgIpc) is 3.18. The maximum atomic E-state index is 13.7. The zero-order valence-electron chi connectivity index (χ0n) is 17.8. The van der Waals surface area contributed by atoms with Crippen LogP contribution in [0.5, 0.6) is 0 Å². The summed E-state index contributed by atoms with van der Waals surface area (Å²) in [5.41, 5.74) is 0.517. The molecule has 0 radical (unpaired) electrons. The van der Waals surface area contributed by atoms with E-state index in [0.717, 1.165) is 25.3 Å². The Bertz CT molecular complexity index is 739. The van der Waals surface area contributed by atoms with Crippen LogP contribution in [0.25, 0.3) is 0 Å². The highest BCUT2D eigenvalue weighted by molar-refractivity contribution is 5.76. The Morgan fingerprint density at radius 1 is 1.10 bits per heavy atom. The summed E-state index contributed by atoms with van der Waals surface area (Å²) in [6, 6.07) is 3.72. The normalized spacial score (nSPS) is 30.4. The number of nitrogens with one attached hydrogen (secondary N) is 1. The van der Waals surface area contributed by atoms with Crippen LogP contribution < -0.4 is 5.32 Å². The molecule has 4 atom stereocenters. The van der Waals surface area contributed by atoms with Gasteiger partial charge in [-0.2, -0.15) is 0 Å². The van der Waals surface area contributed by atoms with Gasteiger partial charge in [-0.3, -0.25) is 9.69 Å². The Morgan fingerprint density at radius 2 is 1.84 bits per heavy atom. The van der Waals surface area contributed by atoms with E-state index >= 15 is 0 Å². The molecule has 3 aliphatic rings. The second kappa shape index (κ2) is 10.3. The Balaban J connectivity index is 1.39. The maximum absolute atomic E-state index is 13.7. The molecule has 0 spiro atoms. The van der Waals surface area contributed by atoms with Crippen LogP contribution in [-0.2, 0) is 20.8 Å². The Hall–Kier alpha value is -1.61. The van der Waals surface area contributed by atoms with E-state index in [1.165, 1.54) is 25.0 Å². The van der Waals surface area contributed by atoms with Crippen molar-refractivity contribution >= 4 is 5.91 Å². The van der Waals surface area contributed by atoms with E-state index in [9.17, 15) is 18.7 Å². The summed E-state index contributed by atoms with van der Waals surface area (Å²) in [6.07, 6.45) is 5.12. The third kappa shape index (κ3) is 6.22. The Kier molecular flexibility index (Phi) is 7.53. The third-order valence-electron chi connectivity index (χ3n) is 6.53. The lowest BCUT2D eigenvalue weighted by molar-refractivity contribution is -0.158. The summed E-state index contributed by atoms with van der Waals surface area (Å²) in [6.45, 7) is 1.13. The molecule has 4 rings (SSSR count). The molecule has 2 saturated heterocycles. The van der Waals surface area contributed by atoms with Crippen molar-refractivity contribution in [2.45, 2.75) is 81.9 Å². The first-order valence-corrected chi connectivity index (χ1v) is 11.4. The van der Waals surface area contributed by atoms with Gasteiger partial charge in [-0.15, -0.1) is 0 Å². The maximum Gasteiger partial charge on any atom is 0.222 e. The molecule has 2 heterocycles. The molecule has 3 fully saturated rings. The fourth-order valence-electron chi connectivity index (χ4n) is 5.13. The zero-order valence-corrected chi connectivity index (χ0v) is 17.8. The lowest BCUT2D eigenvalue weighted by Gasteiger charge is -2.44. The molecule has 1 amide bonds. The predicted octanol–water partition coefficient (Wildman–Crippen LogP) is 2.52. The van der Waals surface area contributed by atoms with Gasteiger partial charge in [0.2, 0.25) is 5.91 Å². The molecule has 8 heteroatoms. The molecule has 6 nitrogen and oxygen atoms in total. The second-order valence-electron chi connectivity index (χ2n) is 9.09. The number of carbonyl (C=O) groups excluding carboxylic acids is 1. The summed E-state index contributed by atoms with van der Waals surface area (Å²) in [4.78, 5) is 14.5. The van der Waals surface area contributed by atoms with Gasteiger partial charge in [0.15, 0.2) is 0 Å². The molecule has 0 bridgehead atoms. The van der Waals surface area contributed by atoms with E-state index in [4.69, 9.17) is 9.47 Å². The predicted molar refractivity (Wildman–Crippen MR) is 110 cm³/mol. The topological polar surface area (TPSA) is 71.0 Å². The van der Waals surface area contributed by atoms with Crippen LogP contribution in [0.4, 0.5) is 8.78 Å². The molecular weight excluding hydrogens is 406 g/mol. The van der Waals surface area contributed by atoms with Crippen molar-refractivity contribution in [2.75, 3.05) is 19.8 Å². The van der Waals surface area contributed by atoms with Gasteiger partial charge in [-0.1, -0.05) is 12.8 Å². The number of hydrogen-bond acceptors (Lipinski definition) is 5. The van der Waals surface area contributed by atoms with Crippen molar-refractivity contribution in [3.8, 4) is 0 Å². The van der Waals surface area contributed by atoms with Gasteiger partial charge in [0, 0.05) is 31.2 Å². The van der Waals surface area contributed by atoms with Gasteiger partial charge in [-0.05, 0) is 43.4 Å². The van der Waals surface area contributed by atoms with Crippen molar-refractivity contribution in [2.24, 2.45) is 0 Å². The molecule has 0 aromatic heterocycles. The number of rotatable bonds is 5. The Labute approximate surface area is 181 Å². The number of amides is 1. The van der Waals surface area contributed by atoms with Crippen LogP contribution in [0.1, 0.15) is 50.5 Å². The average molecular weight is 439 g/mol. The number of ether oxygens (including phenoxy) is 2. The lowest BCUT2D eigenvalue weighted by atomic mass is 9.94. The first kappa shape index (κ1) is 22.6. The standard InChI is InChI=1S/C23H32F2N2O4/c24-16-7-15(8-17(25)9-16)11-27-12-19(28)13-30-14-22-21(27)6-5-20(31-22)10-23(29)26-18-3-1-2-4-18/h7-9,18-22,28H,1-6,10-14H2,(H,26,29)/t19-,20-,21-,22+/m0/s1. The van der Waals surface area contributed by atoms with Crippen molar-refractivity contribution in [3.63, 3.8) is 0 Å². The summed E-state index contributed by atoms with van der Waals surface area (Å²) < 4.78 is 39.2. The van der Waals surface area contributed by atoms with E-state index in [0.29, 0.717) is 38.1 Å². The molecule has 1 aromatic rings. The minimum absolute atomic E-state index is 0.0321. The highest BCUT2D eigenvalue weighted by Crippen LogP contribution is 2.29. The van der Waals surface area contributed by atoms with Crippen LogP contribution in [0, 0.1) is 11.6 Å². The fraction of sp³-hybridized carbons (Fsp3) is 0.696. The van der Waals surface area contributed by atoms with Crippen LogP contribution in [0.2, 0.25) is 0 Å². The minimum atomic E-state index is -0.686. The van der Waals surface area contributed by atoms with E-state index < -0.39 is 17.7 Å². The number of hydrogen-bond donors (Lipinski definition) is 2. The van der Waals surface area contributed by atoms with Crippen molar-refractivity contribution in [3.05, 3.63) is 35.4 Å². The molecule has 1 saturated carbocycles. The molecular formula is C23H32F2N2O4. The van der Waals surface area contributed by atoms with E-state index in [2.05, 4.69) is 5.32 Å². The second-order valence-corrected chi connectivity index (χ2v) is 9.09. The molecule has 1 aliphatic carbocycles. The van der Waals surface area contributed by atoms with Gasteiger partial charge in [0.25, 0.3) is 0 Å². The number of β-amino-alcohol motifs (C(OH)–C–C–N with tert-alkyl or cyclic N) is 1. The summed E-state index contributed by atoms with van der Waals surface area (Å²) >= 11 is 0. The molecule has 31 heavy (non-hydrogen) atoms. The number of nitrogens with zero attached hydrogens (tertiary/aromatic N) is 1. The van der Waals surface area contributed by atoms with E-state index in [1.807, 2.05) is 4.90 Å². The summed E-state index contributed by atoms with van der Waals surface area (Å²) in [5.74, 6) is -1.20. The van der Waals surface area contributed by atoms with Gasteiger partial charge < -0.3 is 19.9 Å². The number of halogens is 2. The fourth-order valence-corrected chi connectivity index (χ4v) is 5.13. The summed E-state index contributed by atoms with van der Waals surface area (Å²) in [7, 11) is 0.